The lowest BCUT2D eigenvalue weighted by molar-refractivity contribution is 0.164. The van der Waals surface area contributed by atoms with E-state index in [1.807, 2.05) is 12.1 Å². The molecule has 0 aliphatic carbocycles. The van der Waals surface area contributed by atoms with Crippen molar-refractivity contribution in [2.45, 2.75) is 12.7 Å². The molecule has 1 aliphatic rings. The van der Waals surface area contributed by atoms with Gasteiger partial charge in [0.15, 0.2) is 0 Å². The van der Waals surface area contributed by atoms with Crippen LogP contribution in [-0.2, 0) is 6.54 Å². The Bertz CT molecular complexity index is 843. The molecule has 1 atom stereocenters. The molecule has 6 heteroatoms. The van der Waals surface area contributed by atoms with Crippen molar-refractivity contribution >= 4 is 53.7 Å². The molecular formula is C19H20Br2FN3. The number of alkyl halides is 1. The smallest absolute Gasteiger partial charge is 0.131 e. The predicted molar refractivity (Wildman–Crippen MR) is 109 cm³/mol. The number of benzene rings is 2. The summed E-state index contributed by atoms with van der Waals surface area (Å²) in [6.45, 7) is 4.62. The van der Waals surface area contributed by atoms with E-state index in [1.54, 1.807) is 0 Å². The summed E-state index contributed by atoms with van der Waals surface area (Å²) in [6.07, 6.45) is -0.885. The van der Waals surface area contributed by atoms with E-state index in [0.29, 0.717) is 13.1 Å². The van der Waals surface area contributed by atoms with Crippen LogP contribution < -0.4 is 5.32 Å². The Hall–Kier alpha value is -0.950. The van der Waals surface area contributed by atoms with E-state index in [-0.39, 0.29) is 0 Å². The first-order valence-electron chi connectivity index (χ1n) is 8.56. The van der Waals surface area contributed by atoms with Crippen LogP contribution in [0.25, 0.3) is 21.8 Å². The van der Waals surface area contributed by atoms with Gasteiger partial charge in [-0.05, 0) is 36.4 Å². The molecule has 0 saturated carbocycles. The zero-order valence-electron chi connectivity index (χ0n) is 13.8. The third-order valence-corrected chi connectivity index (χ3v) is 5.82. The number of fused-ring (bicyclic) bond motifs is 3. The summed E-state index contributed by atoms with van der Waals surface area (Å²) < 4.78 is 19.1. The highest BCUT2D eigenvalue weighted by Crippen LogP contribution is 2.33. The van der Waals surface area contributed by atoms with Crippen molar-refractivity contribution < 1.29 is 4.39 Å². The van der Waals surface area contributed by atoms with Gasteiger partial charge in [0.1, 0.15) is 6.17 Å². The van der Waals surface area contributed by atoms with Crippen molar-refractivity contribution in [2.24, 2.45) is 0 Å². The van der Waals surface area contributed by atoms with Crippen LogP contribution in [0.3, 0.4) is 0 Å². The predicted octanol–water partition coefficient (Wildman–Crippen LogP) is 4.56. The first kappa shape index (κ1) is 17.5. The van der Waals surface area contributed by atoms with Crippen molar-refractivity contribution in [3.8, 4) is 0 Å². The average Bonchev–Trinajstić information content (AvgIpc) is 2.88. The zero-order valence-corrected chi connectivity index (χ0v) is 17.0. The lowest BCUT2D eigenvalue weighted by Gasteiger charge is -2.28. The molecular weight excluding hydrogens is 449 g/mol. The van der Waals surface area contributed by atoms with E-state index >= 15 is 0 Å². The van der Waals surface area contributed by atoms with E-state index in [9.17, 15) is 4.39 Å². The monoisotopic (exact) mass is 467 g/mol. The van der Waals surface area contributed by atoms with Gasteiger partial charge >= 0.3 is 0 Å². The quantitative estimate of drug-likeness (QED) is 0.605. The second kappa shape index (κ2) is 7.35. The fourth-order valence-corrected chi connectivity index (χ4v) is 4.40. The number of rotatable bonds is 4. The molecule has 3 nitrogen and oxygen atoms in total. The number of nitrogens with one attached hydrogen (secondary N) is 1. The van der Waals surface area contributed by atoms with Crippen LogP contribution in [0.2, 0.25) is 0 Å². The van der Waals surface area contributed by atoms with Gasteiger partial charge in [0.25, 0.3) is 0 Å². The normalized spacial score (nSPS) is 17.4. The third kappa shape index (κ3) is 3.63. The molecule has 132 valence electrons. The van der Waals surface area contributed by atoms with Gasteiger partial charge in [-0.2, -0.15) is 0 Å². The van der Waals surface area contributed by atoms with Gasteiger partial charge in [-0.1, -0.05) is 31.9 Å². The summed E-state index contributed by atoms with van der Waals surface area (Å²) in [5, 5.41) is 5.62. The summed E-state index contributed by atoms with van der Waals surface area (Å²) in [5.41, 5.74) is 2.17. The van der Waals surface area contributed by atoms with Crippen LogP contribution in [-0.4, -0.2) is 48.4 Å². The highest BCUT2D eigenvalue weighted by molar-refractivity contribution is 9.10. The van der Waals surface area contributed by atoms with Crippen LogP contribution in [0.1, 0.15) is 0 Å². The number of nitrogens with zero attached hydrogens (tertiary/aromatic N) is 2. The van der Waals surface area contributed by atoms with Gasteiger partial charge in [0.05, 0.1) is 6.54 Å². The lowest BCUT2D eigenvalue weighted by Crippen LogP contribution is -2.46. The van der Waals surface area contributed by atoms with E-state index in [0.717, 1.165) is 56.9 Å². The Morgan fingerprint density at radius 3 is 2.04 bits per heavy atom. The summed E-state index contributed by atoms with van der Waals surface area (Å²) in [4.78, 5) is 2.21. The minimum absolute atomic E-state index is 0.382. The molecule has 0 bridgehead atoms. The van der Waals surface area contributed by atoms with Crippen molar-refractivity contribution in [1.82, 2.24) is 14.8 Å². The summed E-state index contributed by atoms with van der Waals surface area (Å²) in [7, 11) is 0. The number of piperazine rings is 1. The van der Waals surface area contributed by atoms with E-state index in [4.69, 9.17) is 0 Å². The second-order valence-corrected chi connectivity index (χ2v) is 8.41. The molecule has 25 heavy (non-hydrogen) atoms. The van der Waals surface area contributed by atoms with Gasteiger partial charge in [-0.15, -0.1) is 0 Å². The molecule has 1 fully saturated rings. The Morgan fingerprint density at radius 1 is 0.920 bits per heavy atom. The number of hydrogen-bond donors (Lipinski definition) is 1. The second-order valence-electron chi connectivity index (χ2n) is 6.58. The standard InChI is InChI=1S/C19H20Br2FN3/c20-13-1-3-18-16(9-13)17-10-14(21)2-4-19(17)25(18)12-15(22)11-24-7-5-23-6-8-24/h1-4,9-10,15,23H,5-8,11-12H2/t15-/m0/s1. The fraction of sp³-hybridized carbons (Fsp3) is 0.368. The van der Waals surface area contributed by atoms with Gasteiger partial charge in [-0.25, -0.2) is 4.39 Å². The van der Waals surface area contributed by atoms with Crippen molar-refractivity contribution in [3.63, 3.8) is 0 Å². The number of halogens is 3. The molecule has 1 aromatic heterocycles. The highest BCUT2D eigenvalue weighted by atomic mass is 79.9. The van der Waals surface area contributed by atoms with Crippen LogP contribution in [0.4, 0.5) is 4.39 Å². The van der Waals surface area contributed by atoms with Crippen LogP contribution in [0.5, 0.6) is 0 Å². The fourth-order valence-electron chi connectivity index (χ4n) is 3.67. The molecule has 2 aromatic carbocycles. The maximum Gasteiger partial charge on any atom is 0.131 e. The van der Waals surface area contributed by atoms with E-state index in [1.165, 1.54) is 0 Å². The Kier molecular flexibility index (Phi) is 5.13. The van der Waals surface area contributed by atoms with Crippen LogP contribution in [0, 0.1) is 0 Å². The minimum atomic E-state index is -0.885. The summed E-state index contributed by atoms with van der Waals surface area (Å²) in [5.74, 6) is 0. The van der Waals surface area contributed by atoms with Crippen molar-refractivity contribution in [1.29, 1.82) is 0 Å². The molecule has 4 rings (SSSR count). The molecule has 2 heterocycles. The Balaban J connectivity index is 1.69. The van der Waals surface area contributed by atoms with Crippen molar-refractivity contribution in [3.05, 3.63) is 45.3 Å². The topological polar surface area (TPSA) is 20.2 Å². The van der Waals surface area contributed by atoms with Crippen molar-refractivity contribution in [2.75, 3.05) is 32.7 Å². The minimum Gasteiger partial charge on any atom is -0.337 e. The molecule has 0 unspecified atom stereocenters. The van der Waals surface area contributed by atoms with E-state index < -0.39 is 6.17 Å². The summed E-state index contributed by atoms with van der Waals surface area (Å²) in [6, 6.07) is 12.4. The molecule has 3 aromatic rings. The van der Waals surface area contributed by atoms with Crippen LogP contribution in [0.15, 0.2) is 45.3 Å². The lowest BCUT2D eigenvalue weighted by atomic mass is 10.2. The molecule has 0 radical (unpaired) electrons. The van der Waals surface area contributed by atoms with Gasteiger partial charge in [0, 0.05) is 63.5 Å². The van der Waals surface area contributed by atoms with Crippen LogP contribution >= 0.6 is 31.9 Å². The van der Waals surface area contributed by atoms with Gasteiger partial charge in [0.2, 0.25) is 0 Å². The maximum absolute atomic E-state index is 14.9. The molecule has 0 spiro atoms. The van der Waals surface area contributed by atoms with Gasteiger partial charge in [-0.3, -0.25) is 4.90 Å². The number of hydrogen-bond acceptors (Lipinski definition) is 2. The first-order chi connectivity index (χ1) is 12.1. The highest BCUT2D eigenvalue weighted by Gasteiger charge is 2.19. The third-order valence-electron chi connectivity index (χ3n) is 4.84. The SMILES string of the molecule is F[C@@H](CN1CCNCC1)Cn1c2ccc(Br)cc2c2cc(Br)ccc21. The molecule has 1 N–H and O–H groups in total. The Labute approximate surface area is 163 Å². The number of aromatic nitrogens is 1. The summed E-state index contributed by atoms with van der Waals surface area (Å²) >= 11 is 7.11. The molecule has 1 saturated heterocycles. The van der Waals surface area contributed by atoms with Gasteiger partial charge < -0.3 is 9.88 Å². The zero-order chi connectivity index (χ0) is 17.4. The molecule has 0 amide bonds. The average molecular weight is 469 g/mol. The largest absolute Gasteiger partial charge is 0.337 e. The maximum atomic E-state index is 14.9. The first-order valence-corrected chi connectivity index (χ1v) is 10.1. The molecule has 1 aliphatic heterocycles. The Morgan fingerprint density at radius 2 is 1.48 bits per heavy atom. The van der Waals surface area contributed by atoms with E-state index in [2.05, 4.69) is 70.9 Å².